The number of aryl methyl sites for hydroxylation is 1. The molecule has 0 spiro atoms. The summed E-state index contributed by atoms with van der Waals surface area (Å²) in [6, 6.07) is 7.54. The molecule has 0 unspecified atom stereocenters. The van der Waals surface area contributed by atoms with Crippen LogP contribution in [0.1, 0.15) is 33.1 Å². The van der Waals surface area contributed by atoms with Crippen LogP contribution in [0.3, 0.4) is 0 Å². The van der Waals surface area contributed by atoms with Crippen LogP contribution in [0.15, 0.2) is 36.5 Å². The molecule has 0 atom stereocenters. The molecule has 0 bridgehead atoms. The van der Waals surface area contributed by atoms with E-state index in [0.717, 1.165) is 0 Å². The number of alkyl halides is 2. The highest BCUT2D eigenvalue weighted by molar-refractivity contribution is 5.92. The topological polar surface area (TPSA) is 128 Å². The minimum atomic E-state index is -3.43. The Morgan fingerprint density at radius 2 is 2.14 bits per heavy atom. The Hall–Kier alpha value is -3.76. The third kappa shape index (κ3) is 2.86. The Morgan fingerprint density at radius 1 is 1.32 bits per heavy atom. The highest BCUT2D eigenvalue weighted by atomic mass is 19.3. The molecule has 0 aliphatic rings. The molecule has 0 radical (unpaired) electrons. The molecule has 3 N–H and O–H groups in total. The van der Waals surface area contributed by atoms with Gasteiger partial charge in [-0.05, 0) is 24.3 Å². The molecular weight excluding hydrogens is 370 g/mol. The van der Waals surface area contributed by atoms with Gasteiger partial charge in [0.15, 0.2) is 0 Å². The molecule has 0 saturated heterocycles. The van der Waals surface area contributed by atoms with Gasteiger partial charge in [-0.2, -0.15) is 19.1 Å². The first-order chi connectivity index (χ1) is 13.4. The van der Waals surface area contributed by atoms with Gasteiger partial charge in [0, 0.05) is 22.7 Å². The standard InChI is InChI=1S/C17H14F2N8O/c1-9-12-5-4-11(17(18,19)16-22-25-26-23-16)7-13(12)27(24-9)8-10-3-2-6-21-14(10)15(20)28/h2-7H,8H2,1H3,(H2,20,28)(H,22,23,25,26). The molecule has 142 valence electrons. The van der Waals surface area contributed by atoms with Crippen LogP contribution in [0.4, 0.5) is 8.78 Å². The molecule has 1 amide bonds. The van der Waals surface area contributed by atoms with Gasteiger partial charge in [0.2, 0.25) is 5.82 Å². The summed E-state index contributed by atoms with van der Waals surface area (Å²) in [6.45, 7) is 1.92. The Balaban J connectivity index is 1.81. The number of H-pyrrole nitrogens is 1. The van der Waals surface area contributed by atoms with E-state index in [0.29, 0.717) is 22.2 Å². The SMILES string of the molecule is Cc1nn(Cc2cccnc2C(N)=O)c2cc(C(F)(F)c3nn[nH]n3)ccc12. The van der Waals surface area contributed by atoms with Gasteiger partial charge in [0.05, 0.1) is 17.8 Å². The fourth-order valence-electron chi connectivity index (χ4n) is 3.03. The number of nitrogens with zero attached hydrogens (tertiary/aromatic N) is 6. The van der Waals surface area contributed by atoms with Crippen LogP contribution in [0.5, 0.6) is 0 Å². The number of tetrazole rings is 1. The van der Waals surface area contributed by atoms with E-state index < -0.39 is 17.7 Å². The van der Waals surface area contributed by atoms with Crippen LogP contribution in [-0.4, -0.2) is 41.3 Å². The van der Waals surface area contributed by atoms with Crippen LogP contribution >= 0.6 is 0 Å². The van der Waals surface area contributed by atoms with E-state index in [1.807, 2.05) is 5.21 Å². The number of pyridine rings is 1. The number of nitrogens with two attached hydrogens (primary N) is 1. The molecule has 3 aromatic heterocycles. The number of amides is 1. The van der Waals surface area contributed by atoms with Gasteiger partial charge < -0.3 is 5.73 Å². The number of fused-ring (bicyclic) bond motifs is 1. The van der Waals surface area contributed by atoms with Crippen molar-refractivity contribution in [3.63, 3.8) is 0 Å². The van der Waals surface area contributed by atoms with E-state index in [1.165, 1.54) is 23.0 Å². The summed E-state index contributed by atoms with van der Waals surface area (Å²) in [5, 5.41) is 17.1. The molecule has 28 heavy (non-hydrogen) atoms. The smallest absolute Gasteiger partial charge is 0.335 e. The lowest BCUT2D eigenvalue weighted by molar-refractivity contribution is 0.0330. The van der Waals surface area contributed by atoms with E-state index in [9.17, 15) is 13.6 Å². The average Bonchev–Trinajstić information content (AvgIpc) is 3.31. The van der Waals surface area contributed by atoms with Crippen molar-refractivity contribution in [3.8, 4) is 0 Å². The average molecular weight is 384 g/mol. The number of rotatable bonds is 5. The number of carbonyl (C=O) groups is 1. The maximum absolute atomic E-state index is 14.7. The number of benzene rings is 1. The fourth-order valence-corrected chi connectivity index (χ4v) is 3.03. The minimum absolute atomic E-state index is 0.108. The van der Waals surface area contributed by atoms with E-state index in [4.69, 9.17) is 5.73 Å². The Labute approximate surface area is 156 Å². The molecule has 0 aliphatic carbocycles. The third-order valence-electron chi connectivity index (χ3n) is 4.37. The highest BCUT2D eigenvalue weighted by Gasteiger charge is 2.39. The van der Waals surface area contributed by atoms with Crippen molar-refractivity contribution in [2.75, 3.05) is 0 Å². The molecule has 4 rings (SSSR count). The Kier molecular flexibility index (Phi) is 4.06. The van der Waals surface area contributed by atoms with Crippen LogP contribution in [0.2, 0.25) is 0 Å². The van der Waals surface area contributed by atoms with Gasteiger partial charge in [0.25, 0.3) is 5.91 Å². The number of aromatic nitrogens is 7. The number of nitrogens with one attached hydrogen (secondary N) is 1. The second-order valence-corrected chi connectivity index (χ2v) is 6.16. The zero-order valence-corrected chi connectivity index (χ0v) is 14.6. The van der Waals surface area contributed by atoms with E-state index in [2.05, 4.69) is 25.5 Å². The van der Waals surface area contributed by atoms with Gasteiger partial charge in [-0.1, -0.05) is 18.2 Å². The summed E-state index contributed by atoms with van der Waals surface area (Å²) in [5.74, 6) is -4.83. The second kappa shape index (κ2) is 6.44. The first kappa shape index (κ1) is 17.6. The fraction of sp³-hybridized carbons (Fsp3) is 0.176. The van der Waals surface area contributed by atoms with E-state index in [-0.39, 0.29) is 17.8 Å². The van der Waals surface area contributed by atoms with Crippen LogP contribution in [0, 0.1) is 6.92 Å². The van der Waals surface area contributed by atoms with Gasteiger partial charge >= 0.3 is 5.92 Å². The van der Waals surface area contributed by atoms with Crippen molar-refractivity contribution >= 4 is 16.8 Å². The van der Waals surface area contributed by atoms with E-state index >= 15 is 0 Å². The van der Waals surface area contributed by atoms with Crippen LogP contribution in [0.25, 0.3) is 10.9 Å². The number of aromatic amines is 1. The van der Waals surface area contributed by atoms with Gasteiger partial charge in [-0.3, -0.25) is 14.5 Å². The highest BCUT2D eigenvalue weighted by Crippen LogP contribution is 2.35. The van der Waals surface area contributed by atoms with E-state index in [1.54, 1.807) is 25.1 Å². The van der Waals surface area contributed by atoms with Gasteiger partial charge in [-0.25, -0.2) is 0 Å². The summed E-state index contributed by atoms with van der Waals surface area (Å²) in [5.41, 5.74) is 6.84. The second-order valence-electron chi connectivity index (χ2n) is 6.16. The monoisotopic (exact) mass is 384 g/mol. The lowest BCUT2D eigenvalue weighted by Crippen LogP contribution is -2.18. The molecular formula is C17H14F2N8O. The Bertz CT molecular complexity index is 1170. The zero-order chi connectivity index (χ0) is 19.9. The third-order valence-corrected chi connectivity index (χ3v) is 4.37. The van der Waals surface area contributed by atoms with Crippen molar-refractivity contribution in [2.24, 2.45) is 5.73 Å². The zero-order valence-electron chi connectivity index (χ0n) is 14.6. The molecule has 0 saturated carbocycles. The number of carbonyl (C=O) groups excluding carboxylic acids is 1. The first-order valence-electron chi connectivity index (χ1n) is 8.21. The number of hydrogen-bond acceptors (Lipinski definition) is 6. The predicted octanol–water partition coefficient (Wildman–Crippen LogP) is 1.54. The normalized spacial score (nSPS) is 11.8. The maximum atomic E-state index is 14.7. The van der Waals surface area contributed by atoms with Crippen molar-refractivity contribution in [3.05, 3.63) is 64.9 Å². The molecule has 1 aromatic carbocycles. The molecule has 9 nitrogen and oxygen atoms in total. The van der Waals surface area contributed by atoms with Crippen LogP contribution in [-0.2, 0) is 12.5 Å². The lowest BCUT2D eigenvalue weighted by Gasteiger charge is -2.13. The molecule has 4 aromatic rings. The van der Waals surface area contributed by atoms with Crippen molar-refractivity contribution in [1.82, 2.24) is 35.4 Å². The van der Waals surface area contributed by atoms with Crippen molar-refractivity contribution in [2.45, 2.75) is 19.4 Å². The molecule has 11 heteroatoms. The molecule has 0 aliphatic heterocycles. The number of halogens is 2. The molecule has 0 fully saturated rings. The lowest BCUT2D eigenvalue weighted by atomic mass is 10.1. The maximum Gasteiger partial charge on any atom is 0.335 e. The summed E-state index contributed by atoms with van der Waals surface area (Å²) < 4.78 is 30.9. The summed E-state index contributed by atoms with van der Waals surface area (Å²) in [7, 11) is 0. The van der Waals surface area contributed by atoms with Crippen molar-refractivity contribution in [1.29, 1.82) is 0 Å². The number of primary amides is 1. The van der Waals surface area contributed by atoms with Crippen molar-refractivity contribution < 1.29 is 13.6 Å². The number of hydrogen-bond donors (Lipinski definition) is 2. The van der Waals surface area contributed by atoms with Gasteiger partial charge in [0.1, 0.15) is 5.69 Å². The quantitative estimate of drug-likeness (QED) is 0.537. The predicted molar refractivity (Wildman–Crippen MR) is 93.5 cm³/mol. The molecule has 3 heterocycles. The summed E-state index contributed by atoms with van der Waals surface area (Å²) in [4.78, 5) is 15.6. The van der Waals surface area contributed by atoms with Crippen LogP contribution < -0.4 is 5.73 Å². The Morgan fingerprint density at radius 3 is 2.86 bits per heavy atom. The summed E-state index contributed by atoms with van der Waals surface area (Å²) in [6.07, 6.45) is 1.46. The van der Waals surface area contributed by atoms with Gasteiger partial charge in [-0.15, -0.1) is 10.2 Å². The minimum Gasteiger partial charge on any atom is -0.364 e. The summed E-state index contributed by atoms with van der Waals surface area (Å²) >= 11 is 0. The first-order valence-corrected chi connectivity index (χ1v) is 8.21. The largest absolute Gasteiger partial charge is 0.364 e.